The van der Waals surface area contributed by atoms with Crippen molar-refractivity contribution in [2.75, 3.05) is 0 Å². The SMILES string of the molecule is O=C(Cc1ccccc1)Oc1ccccc1OC(=O)c1ccc(C(F)(F)F)cc1. The minimum Gasteiger partial charge on any atom is -0.422 e. The Kier molecular flexibility index (Phi) is 5.97. The topological polar surface area (TPSA) is 52.6 Å². The van der Waals surface area contributed by atoms with Crippen LogP contribution in [0, 0.1) is 0 Å². The van der Waals surface area contributed by atoms with Crippen LogP contribution in [0.3, 0.4) is 0 Å². The van der Waals surface area contributed by atoms with E-state index in [1.54, 1.807) is 36.4 Å². The van der Waals surface area contributed by atoms with E-state index in [-0.39, 0.29) is 23.5 Å². The summed E-state index contributed by atoms with van der Waals surface area (Å²) in [6.07, 6.45) is -4.47. The monoisotopic (exact) mass is 400 g/mol. The molecule has 4 nitrogen and oxygen atoms in total. The van der Waals surface area contributed by atoms with E-state index in [9.17, 15) is 22.8 Å². The fourth-order valence-electron chi connectivity index (χ4n) is 2.49. The second kappa shape index (κ2) is 8.60. The molecule has 3 aromatic carbocycles. The smallest absolute Gasteiger partial charge is 0.416 e. The number of alkyl halides is 3. The number of ether oxygens (including phenoxy) is 2. The van der Waals surface area contributed by atoms with Gasteiger partial charge in [0.1, 0.15) is 0 Å². The highest BCUT2D eigenvalue weighted by Crippen LogP contribution is 2.30. The number of para-hydroxylation sites is 2. The third-order valence-electron chi connectivity index (χ3n) is 3.91. The number of carbonyl (C=O) groups excluding carboxylic acids is 2. The van der Waals surface area contributed by atoms with Gasteiger partial charge in [0.05, 0.1) is 17.5 Å². The largest absolute Gasteiger partial charge is 0.422 e. The molecule has 0 bridgehead atoms. The Morgan fingerprint density at radius 3 is 1.86 bits per heavy atom. The van der Waals surface area contributed by atoms with Gasteiger partial charge in [-0.3, -0.25) is 4.79 Å². The number of esters is 2. The average Bonchev–Trinajstić information content (AvgIpc) is 2.69. The van der Waals surface area contributed by atoms with Crippen LogP contribution in [0.15, 0.2) is 78.9 Å². The van der Waals surface area contributed by atoms with Crippen LogP contribution in [0.2, 0.25) is 0 Å². The molecule has 0 fully saturated rings. The number of benzene rings is 3. The van der Waals surface area contributed by atoms with Crippen molar-refractivity contribution >= 4 is 11.9 Å². The van der Waals surface area contributed by atoms with Crippen molar-refractivity contribution in [2.24, 2.45) is 0 Å². The summed E-state index contributed by atoms with van der Waals surface area (Å²) >= 11 is 0. The number of halogens is 3. The van der Waals surface area contributed by atoms with E-state index >= 15 is 0 Å². The molecule has 3 aromatic rings. The number of hydrogen-bond donors (Lipinski definition) is 0. The molecule has 0 aromatic heterocycles. The molecule has 0 atom stereocenters. The van der Waals surface area contributed by atoms with Crippen LogP contribution in [0.4, 0.5) is 13.2 Å². The Hall–Kier alpha value is -3.61. The zero-order chi connectivity index (χ0) is 20.9. The summed E-state index contributed by atoms with van der Waals surface area (Å²) in [4.78, 5) is 24.4. The van der Waals surface area contributed by atoms with Gasteiger partial charge in [-0.25, -0.2) is 4.79 Å². The lowest BCUT2D eigenvalue weighted by molar-refractivity contribution is -0.137. The van der Waals surface area contributed by atoms with Crippen molar-refractivity contribution in [3.63, 3.8) is 0 Å². The zero-order valence-electron chi connectivity index (χ0n) is 15.0. The number of hydrogen-bond acceptors (Lipinski definition) is 4. The lowest BCUT2D eigenvalue weighted by Gasteiger charge is -2.11. The van der Waals surface area contributed by atoms with Crippen molar-refractivity contribution in [2.45, 2.75) is 12.6 Å². The summed E-state index contributed by atoms with van der Waals surface area (Å²) < 4.78 is 48.4. The molecule has 29 heavy (non-hydrogen) atoms. The fraction of sp³-hybridized carbons (Fsp3) is 0.0909. The molecule has 0 amide bonds. The molecule has 0 unspecified atom stereocenters. The fourth-order valence-corrected chi connectivity index (χ4v) is 2.49. The molecular formula is C22H15F3O4. The third-order valence-corrected chi connectivity index (χ3v) is 3.91. The quantitative estimate of drug-likeness (QED) is 0.443. The van der Waals surface area contributed by atoms with Crippen LogP contribution < -0.4 is 9.47 Å². The molecule has 0 aliphatic heterocycles. The van der Waals surface area contributed by atoms with Gasteiger partial charge >= 0.3 is 18.1 Å². The number of rotatable bonds is 5. The van der Waals surface area contributed by atoms with Crippen molar-refractivity contribution in [1.82, 2.24) is 0 Å². The van der Waals surface area contributed by atoms with E-state index in [0.29, 0.717) is 0 Å². The first-order chi connectivity index (χ1) is 13.8. The first kappa shape index (κ1) is 20.1. The highest BCUT2D eigenvalue weighted by atomic mass is 19.4. The lowest BCUT2D eigenvalue weighted by atomic mass is 10.1. The maximum atomic E-state index is 12.6. The van der Waals surface area contributed by atoms with E-state index in [0.717, 1.165) is 29.8 Å². The highest BCUT2D eigenvalue weighted by molar-refractivity contribution is 5.91. The maximum absolute atomic E-state index is 12.6. The Morgan fingerprint density at radius 2 is 1.28 bits per heavy atom. The minimum absolute atomic E-state index is 0.0150. The molecule has 0 saturated carbocycles. The van der Waals surface area contributed by atoms with Crippen LogP contribution in [0.5, 0.6) is 11.5 Å². The average molecular weight is 400 g/mol. The van der Waals surface area contributed by atoms with Crippen LogP contribution in [0.1, 0.15) is 21.5 Å². The van der Waals surface area contributed by atoms with Crippen molar-refractivity contribution in [1.29, 1.82) is 0 Å². The molecule has 3 rings (SSSR count). The summed E-state index contributed by atoms with van der Waals surface area (Å²) in [5.41, 5.74) is -0.176. The predicted molar refractivity (Wildman–Crippen MR) is 98.6 cm³/mol. The first-order valence-electron chi connectivity index (χ1n) is 8.56. The first-order valence-corrected chi connectivity index (χ1v) is 8.56. The molecule has 0 aliphatic carbocycles. The Balaban J connectivity index is 1.70. The van der Waals surface area contributed by atoms with Gasteiger partial charge in [0.25, 0.3) is 0 Å². The summed E-state index contributed by atoms with van der Waals surface area (Å²) in [7, 11) is 0. The van der Waals surface area contributed by atoms with Gasteiger partial charge in [0, 0.05) is 0 Å². The molecule has 0 aliphatic rings. The van der Waals surface area contributed by atoms with Gasteiger partial charge in [-0.15, -0.1) is 0 Å². The summed E-state index contributed by atoms with van der Waals surface area (Å²) in [5, 5.41) is 0. The molecule has 0 spiro atoms. The van der Waals surface area contributed by atoms with E-state index in [2.05, 4.69) is 0 Å². The molecule has 7 heteroatoms. The zero-order valence-corrected chi connectivity index (χ0v) is 15.0. The van der Waals surface area contributed by atoms with Crippen molar-refractivity contribution < 1.29 is 32.2 Å². The van der Waals surface area contributed by atoms with E-state index < -0.39 is 23.7 Å². The number of carbonyl (C=O) groups is 2. The van der Waals surface area contributed by atoms with E-state index in [1.165, 1.54) is 12.1 Å². The molecule has 148 valence electrons. The summed E-state index contributed by atoms with van der Waals surface area (Å²) in [5.74, 6) is -1.40. The predicted octanol–water partition coefficient (Wildman–Crippen LogP) is 5.07. The molecular weight excluding hydrogens is 385 g/mol. The highest BCUT2D eigenvalue weighted by Gasteiger charge is 2.30. The minimum atomic E-state index is -4.50. The Bertz CT molecular complexity index is 997. The summed E-state index contributed by atoms with van der Waals surface area (Å²) in [6.45, 7) is 0. The van der Waals surface area contributed by atoms with Gasteiger partial charge in [-0.2, -0.15) is 13.2 Å². The lowest BCUT2D eigenvalue weighted by Crippen LogP contribution is -2.14. The Morgan fingerprint density at radius 1 is 0.724 bits per heavy atom. The molecule has 0 radical (unpaired) electrons. The molecule has 0 N–H and O–H groups in total. The van der Waals surface area contributed by atoms with Gasteiger partial charge < -0.3 is 9.47 Å². The standard InChI is InChI=1S/C22H15F3O4/c23-22(24,25)17-12-10-16(11-13-17)21(27)29-19-9-5-4-8-18(19)28-20(26)14-15-6-2-1-3-7-15/h1-13H,14H2. The molecule has 0 saturated heterocycles. The van der Waals surface area contributed by atoms with Gasteiger partial charge in [0.2, 0.25) is 0 Å². The van der Waals surface area contributed by atoms with E-state index in [1.807, 2.05) is 6.07 Å². The van der Waals surface area contributed by atoms with Crippen molar-refractivity contribution in [3.05, 3.63) is 95.6 Å². The summed E-state index contributed by atoms with van der Waals surface area (Å²) in [6, 6.07) is 18.6. The maximum Gasteiger partial charge on any atom is 0.416 e. The van der Waals surface area contributed by atoms with Gasteiger partial charge in [-0.1, -0.05) is 42.5 Å². The van der Waals surface area contributed by atoms with Crippen LogP contribution in [0.25, 0.3) is 0 Å². The van der Waals surface area contributed by atoms with Crippen LogP contribution in [-0.2, 0) is 17.4 Å². The molecule has 0 heterocycles. The van der Waals surface area contributed by atoms with Gasteiger partial charge in [0.15, 0.2) is 11.5 Å². The van der Waals surface area contributed by atoms with Crippen LogP contribution >= 0.6 is 0 Å². The van der Waals surface area contributed by atoms with Gasteiger partial charge in [-0.05, 0) is 42.0 Å². The van der Waals surface area contributed by atoms with Crippen molar-refractivity contribution in [3.8, 4) is 11.5 Å². The normalized spacial score (nSPS) is 11.0. The Labute approximate surface area is 164 Å². The second-order valence-corrected chi connectivity index (χ2v) is 6.05. The third kappa shape index (κ3) is 5.44. The van der Waals surface area contributed by atoms with E-state index in [4.69, 9.17) is 9.47 Å². The second-order valence-electron chi connectivity index (χ2n) is 6.05. The van der Waals surface area contributed by atoms with Crippen LogP contribution in [-0.4, -0.2) is 11.9 Å².